The van der Waals surface area contributed by atoms with Gasteiger partial charge in [-0.15, -0.1) is 0 Å². The van der Waals surface area contributed by atoms with Crippen molar-refractivity contribution in [3.05, 3.63) is 23.8 Å². The van der Waals surface area contributed by atoms with Crippen LogP contribution < -0.4 is 0 Å². The van der Waals surface area contributed by atoms with E-state index >= 15 is 0 Å². The van der Waals surface area contributed by atoms with E-state index in [1.165, 1.54) is 5.57 Å². The largest absolute Gasteiger partial charge is 0.481 e. The van der Waals surface area contributed by atoms with Crippen LogP contribution in [0.1, 0.15) is 60.8 Å². The summed E-state index contributed by atoms with van der Waals surface area (Å²) in [6, 6.07) is 0. The molecule has 2 heteroatoms. The maximum absolute atomic E-state index is 11.1. The molecule has 0 saturated carbocycles. The second kappa shape index (κ2) is 6.77. The van der Waals surface area contributed by atoms with Crippen LogP contribution in [0.15, 0.2) is 23.8 Å². The van der Waals surface area contributed by atoms with Crippen molar-refractivity contribution < 1.29 is 9.90 Å². The molecule has 0 aliphatic heterocycles. The Morgan fingerprint density at radius 3 is 2.22 bits per heavy atom. The molecule has 0 rings (SSSR count). The second-order valence-corrected chi connectivity index (χ2v) is 6.43. The first kappa shape index (κ1) is 16.9. The van der Waals surface area contributed by atoms with Gasteiger partial charge in [-0.05, 0) is 52.4 Å². The van der Waals surface area contributed by atoms with E-state index in [2.05, 4.69) is 45.9 Å². The third-order valence-electron chi connectivity index (χ3n) is 3.24. The summed E-state index contributed by atoms with van der Waals surface area (Å²) < 4.78 is 0. The highest BCUT2D eigenvalue weighted by molar-refractivity contribution is 5.73. The lowest BCUT2D eigenvalue weighted by Crippen LogP contribution is -2.29. The fraction of sp³-hybridized carbons (Fsp3) is 0.688. The van der Waals surface area contributed by atoms with Crippen LogP contribution >= 0.6 is 0 Å². The van der Waals surface area contributed by atoms with Crippen LogP contribution in [0.25, 0.3) is 0 Å². The summed E-state index contributed by atoms with van der Waals surface area (Å²) in [5, 5.41) is 9.15. The van der Waals surface area contributed by atoms with Crippen molar-refractivity contribution in [1.29, 1.82) is 0 Å². The van der Waals surface area contributed by atoms with Gasteiger partial charge in [0.1, 0.15) is 0 Å². The van der Waals surface area contributed by atoms with Crippen molar-refractivity contribution in [2.24, 2.45) is 10.8 Å². The lowest BCUT2D eigenvalue weighted by Gasteiger charge is -2.29. The van der Waals surface area contributed by atoms with Gasteiger partial charge in [-0.3, -0.25) is 4.79 Å². The van der Waals surface area contributed by atoms with E-state index in [0.29, 0.717) is 6.42 Å². The minimum atomic E-state index is -0.728. The summed E-state index contributed by atoms with van der Waals surface area (Å²) in [5.41, 5.74) is 0.641. The molecule has 1 N–H and O–H groups in total. The smallest absolute Gasteiger partial charge is 0.309 e. The SMILES string of the molecule is C/C=C(\C)CC/C=C/C(C)(C)CC(C)(C)C(=O)O. The molecule has 0 aliphatic carbocycles. The summed E-state index contributed by atoms with van der Waals surface area (Å²) in [6.45, 7) is 11.9. The zero-order chi connectivity index (χ0) is 14.4. The van der Waals surface area contributed by atoms with E-state index in [1.54, 1.807) is 13.8 Å². The van der Waals surface area contributed by atoms with Crippen molar-refractivity contribution in [1.82, 2.24) is 0 Å². The Kier molecular flexibility index (Phi) is 6.37. The van der Waals surface area contributed by atoms with Crippen molar-refractivity contribution in [3.8, 4) is 0 Å². The molecule has 0 bridgehead atoms. The zero-order valence-corrected chi connectivity index (χ0v) is 12.7. The van der Waals surface area contributed by atoms with E-state index in [-0.39, 0.29) is 5.41 Å². The molecular weight excluding hydrogens is 224 g/mol. The van der Waals surface area contributed by atoms with Crippen LogP contribution in [-0.4, -0.2) is 11.1 Å². The summed E-state index contributed by atoms with van der Waals surface area (Å²) >= 11 is 0. The Morgan fingerprint density at radius 2 is 1.78 bits per heavy atom. The van der Waals surface area contributed by atoms with Crippen LogP contribution in [0.4, 0.5) is 0 Å². The lowest BCUT2D eigenvalue weighted by molar-refractivity contribution is -0.148. The van der Waals surface area contributed by atoms with Gasteiger partial charge in [0.2, 0.25) is 0 Å². The van der Waals surface area contributed by atoms with Crippen molar-refractivity contribution >= 4 is 5.97 Å². The highest BCUT2D eigenvalue weighted by Crippen LogP contribution is 2.35. The van der Waals surface area contributed by atoms with Gasteiger partial charge in [-0.25, -0.2) is 0 Å². The van der Waals surface area contributed by atoms with Gasteiger partial charge in [-0.2, -0.15) is 0 Å². The molecule has 2 nitrogen and oxygen atoms in total. The third kappa shape index (κ3) is 6.63. The zero-order valence-electron chi connectivity index (χ0n) is 12.7. The standard InChI is InChI=1S/C16H28O2/c1-7-13(2)10-8-9-11-15(3,4)12-16(5,6)14(17)18/h7,9,11H,8,10,12H2,1-6H3,(H,17,18)/b11-9+,13-7+. The van der Waals surface area contributed by atoms with Gasteiger partial charge < -0.3 is 5.11 Å². The molecule has 104 valence electrons. The Bertz CT molecular complexity index is 333. The van der Waals surface area contributed by atoms with Crippen LogP contribution in [-0.2, 0) is 4.79 Å². The van der Waals surface area contributed by atoms with Gasteiger partial charge in [0.25, 0.3) is 0 Å². The number of carboxylic acid groups (broad SMARTS) is 1. The molecule has 0 unspecified atom stereocenters. The normalized spacial score (nSPS) is 14.2. The van der Waals surface area contributed by atoms with E-state index in [1.807, 2.05) is 0 Å². The van der Waals surface area contributed by atoms with E-state index < -0.39 is 11.4 Å². The highest BCUT2D eigenvalue weighted by atomic mass is 16.4. The first-order valence-electron chi connectivity index (χ1n) is 6.63. The number of rotatable bonds is 7. The summed E-state index contributed by atoms with van der Waals surface area (Å²) in [4.78, 5) is 11.1. The second-order valence-electron chi connectivity index (χ2n) is 6.43. The van der Waals surface area contributed by atoms with Crippen LogP contribution in [0.5, 0.6) is 0 Å². The van der Waals surface area contributed by atoms with Crippen molar-refractivity contribution in [3.63, 3.8) is 0 Å². The average Bonchev–Trinajstić information content (AvgIpc) is 2.22. The Balaban J connectivity index is 4.39. The van der Waals surface area contributed by atoms with Crippen molar-refractivity contribution in [2.45, 2.75) is 60.8 Å². The topological polar surface area (TPSA) is 37.3 Å². The molecule has 0 heterocycles. The fourth-order valence-electron chi connectivity index (χ4n) is 2.13. The van der Waals surface area contributed by atoms with Gasteiger partial charge in [0.05, 0.1) is 5.41 Å². The molecule has 0 amide bonds. The molecule has 18 heavy (non-hydrogen) atoms. The van der Waals surface area contributed by atoms with Gasteiger partial charge in [-0.1, -0.05) is 37.6 Å². The first-order valence-corrected chi connectivity index (χ1v) is 6.63. The lowest BCUT2D eigenvalue weighted by atomic mass is 9.75. The molecule has 0 aliphatic rings. The minimum absolute atomic E-state index is 0.0777. The number of hydrogen-bond acceptors (Lipinski definition) is 1. The van der Waals surface area contributed by atoms with Crippen LogP contribution in [0.3, 0.4) is 0 Å². The maximum atomic E-state index is 11.1. The molecular formula is C16H28O2. The molecule has 0 atom stereocenters. The van der Waals surface area contributed by atoms with E-state index in [4.69, 9.17) is 5.11 Å². The van der Waals surface area contributed by atoms with Crippen molar-refractivity contribution in [2.75, 3.05) is 0 Å². The Morgan fingerprint density at radius 1 is 1.22 bits per heavy atom. The van der Waals surface area contributed by atoms with E-state index in [9.17, 15) is 4.79 Å². The van der Waals surface area contributed by atoms with Crippen LogP contribution in [0.2, 0.25) is 0 Å². The first-order chi connectivity index (χ1) is 8.10. The number of aliphatic carboxylic acids is 1. The monoisotopic (exact) mass is 252 g/mol. The Hall–Kier alpha value is -1.05. The number of carboxylic acids is 1. The highest BCUT2D eigenvalue weighted by Gasteiger charge is 2.33. The summed E-state index contributed by atoms with van der Waals surface area (Å²) in [6.07, 6.45) is 9.20. The van der Waals surface area contributed by atoms with Crippen LogP contribution in [0, 0.1) is 10.8 Å². The molecule has 0 aromatic rings. The predicted octanol–water partition coefficient (Wildman–Crippen LogP) is 4.82. The fourth-order valence-corrected chi connectivity index (χ4v) is 2.13. The number of carbonyl (C=O) groups is 1. The molecule has 0 fully saturated rings. The molecule has 0 spiro atoms. The summed E-state index contributed by atoms with van der Waals surface area (Å²) in [7, 11) is 0. The van der Waals surface area contributed by atoms with Gasteiger partial charge in [0.15, 0.2) is 0 Å². The molecule has 0 saturated heterocycles. The third-order valence-corrected chi connectivity index (χ3v) is 3.24. The van der Waals surface area contributed by atoms with E-state index in [0.717, 1.165) is 12.8 Å². The summed E-state index contributed by atoms with van der Waals surface area (Å²) in [5.74, 6) is -0.728. The molecule has 0 aromatic heterocycles. The van der Waals surface area contributed by atoms with Gasteiger partial charge >= 0.3 is 5.97 Å². The Labute approximate surface area is 112 Å². The average molecular weight is 252 g/mol. The molecule has 0 aromatic carbocycles. The maximum Gasteiger partial charge on any atom is 0.309 e. The number of allylic oxidation sites excluding steroid dienone is 4. The minimum Gasteiger partial charge on any atom is -0.481 e. The van der Waals surface area contributed by atoms with Gasteiger partial charge in [0, 0.05) is 0 Å². The predicted molar refractivity (Wildman–Crippen MR) is 77.6 cm³/mol. The molecule has 0 radical (unpaired) electrons. The quantitative estimate of drug-likeness (QED) is 0.660. The number of hydrogen-bond donors (Lipinski definition) is 1.